The van der Waals surface area contributed by atoms with E-state index < -0.39 is 0 Å². The molecule has 178 valence electrons. The molecular formula is C28H33N3O3. The van der Waals surface area contributed by atoms with Gasteiger partial charge in [-0.25, -0.2) is 0 Å². The topological polar surface area (TPSA) is 73.6 Å². The van der Waals surface area contributed by atoms with E-state index in [1.54, 1.807) is 0 Å². The molecule has 0 radical (unpaired) electrons. The maximum atomic E-state index is 13.2. The van der Waals surface area contributed by atoms with E-state index in [0.717, 1.165) is 47.3 Å². The molecule has 1 aliphatic heterocycles. The lowest BCUT2D eigenvalue weighted by molar-refractivity contribution is -0.141. The Morgan fingerprint density at radius 1 is 1.12 bits per heavy atom. The van der Waals surface area contributed by atoms with Gasteiger partial charge in [0.1, 0.15) is 6.17 Å². The molecule has 6 nitrogen and oxygen atoms in total. The summed E-state index contributed by atoms with van der Waals surface area (Å²) < 4.78 is 5.06. The van der Waals surface area contributed by atoms with Gasteiger partial charge >= 0.3 is 5.97 Å². The summed E-state index contributed by atoms with van der Waals surface area (Å²) in [6.07, 6.45) is 3.30. The second-order valence-corrected chi connectivity index (χ2v) is 8.57. The Bertz CT molecular complexity index is 1100. The molecule has 1 amide bonds. The average Bonchev–Trinajstić information content (AvgIpc) is 2.84. The number of hydrogen-bond donors (Lipinski definition) is 0. The minimum Gasteiger partial charge on any atom is -0.466 e. The van der Waals surface area contributed by atoms with Crippen molar-refractivity contribution in [1.82, 2.24) is 4.90 Å². The van der Waals surface area contributed by atoms with Crippen LogP contribution >= 0.6 is 0 Å². The van der Waals surface area contributed by atoms with E-state index >= 15 is 0 Å². The summed E-state index contributed by atoms with van der Waals surface area (Å²) in [5.41, 5.74) is 5.36. The predicted molar refractivity (Wildman–Crippen MR) is 134 cm³/mol. The number of amides is 1. The van der Waals surface area contributed by atoms with E-state index in [1.165, 1.54) is 6.92 Å². The van der Waals surface area contributed by atoms with Gasteiger partial charge in [0.15, 0.2) is 0 Å². The van der Waals surface area contributed by atoms with Gasteiger partial charge in [0.05, 0.1) is 18.2 Å². The van der Waals surface area contributed by atoms with Gasteiger partial charge in [-0.1, -0.05) is 43.7 Å². The first-order valence-electron chi connectivity index (χ1n) is 11.9. The number of ether oxygens (including phenoxy) is 1. The van der Waals surface area contributed by atoms with Gasteiger partial charge in [0, 0.05) is 30.4 Å². The van der Waals surface area contributed by atoms with E-state index in [-0.39, 0.29) is 18.0 Å². The summed E-state index contributed by atoms with van der Waals surface area (Å²) in [6, 6.07) is 18.0. The number of anilines is 1. The molecule has 0 aromatic heterocycles. The summed E-state index contributed by atoms with van der Waals surface area (Å²) in [6.45, 7) is 8.29. The Kier molecular flexibility index (Phi) is 8.48. The number of unbranched alkanes of at least 4 members (excludes halogenated alkanes) is 1. The molecule has 0 aliphatic carbocycles. The van der Waals surface area contributed by atoms with Gasteiger partial charge in [-0.05, 0) is 62.4 Å². The predicted octanol–water partition coefficient (Wildman–Crippen LogP) is 5.64. The third-order valence-corrected chi connectivity index (χ3v) is 6.25. The number of allylic oxidation sites excluding steroid dienone is 1. The van der Waals surface area contributed by atoms with Crippen LogP contribution in [0.3, 0.4) is 0 Å². The zero-order valence-corrected chi connectivity index (χ0v) is 20.5. The van der Waals surface area contributed by atoms with Crippen molar-refractivity contribution in [1.29, 1.82) is 5.26 Å². The van der Waals surface area contributed by atoms with Crippen molar-refractivity contribution in [2.24, 2.45) is 0 Å². The second kappa shape index (κ2) is 11.5. The molecule has 2 aromatic carbocycles. The number of carbonyl (C=O) groups is 2. The number of carbonyl (C=O) groups excluding carboxylic acids is 2. The quantitative estimate of drug-likeness (QED) is 0.358. The first kappa shape index (κ1) is 25.0. The number of nitriles is 1. The van der Waals surface area contributed by atoms with Crippen molar-refractivity contribution < 1.29 is 14.3 Å². The first-order chi connectivity index (χ1) is 16.4. The van der Waals surface area contributed by atoms with Crippen LogP contribution < -0.4 is 4.90 Å². The highest BCUT2D eigenvalue weighted by molar-refractivity contribution is 5.96. The highest BCUT2D eigenvalue weighted by Gasteiger charge is 2.35. The standard InChI is InChI=1S/C28H33N3O3/c1-5-6-12-27-20(2)28(33)30(17-9-18-34-22(4)32)21(3)31(27)25-15-13-23(14-16-25)26-11-8-7-10-24(26)19-29/h7-8,10-11,13-16,21H,5-6,9,12,17-18H2,1-4H3. The molecule has 34 heavy (non-hydrogen) atoms. The molecular weight excluding hydrogens is 426 g/mol. The number of nitrogens with zero attached hydrogens (tertiary/aromatic N) is 3. The smallest absolute Gasteiger partial charge is 0.302 e. The summed E-state index contributed by atoms with van der Waals surface area (Å²) >= 11 is 0. The van der Waals surface area contributed by atoms with Gasteiger partial charge in [0.2, 0.25) is 0 Å². The minimum atomic E-state index is -0.310. The zero-order valence-electron chi connectivity index (χ0n) is 20.5. The molecule has 2 aromatic rings. The van der Waals surface area contributed by atoms with Crippen molar-refractivity contribution >= 4 is 17.6 Å². The van der Waals surface area contributed by atoms with Crippen LogP contribution in [0.15, 0.2) is 59.8 Å². The van der Waals surface area contributed by atoms with E-state index in [4.69, 9.17) is 4.74 Å². The Balaban J connectivity index is 1.93. The van der Waals surface area contributed by atoms with Crippen LogP contribution in [0, 0.1) is 11.3 Å². The summed E-state index contributed by atoms with van der Waals surface area (Å²) in [4.78, 5) is 28.4. The van der Waals surface area contributed by atoms with Crippen LogP contribution in [0.25, 0.3) is 11.1 Å². The zero-order chi connectivity index (χ0) is 24.7. The molecule has 6 heteroatoms. The molecule has 0 N–H and O–H groups in total. The average molecular weight is 460 g/mol. The molecule has 1 heterocycles. The third-order valence-electron chi connectivity index (χ3n) is 6.25. The van der Waals surface area contributed by atoms with Crippen molar-refractivity contribution in [3.63, 3.8) is 0 Å². The summed E-state index contributed by atoms with van der Waals surface area (Å²) in [5, 5.41) is 9.46. The van der Waals surface area contributed by atoms with Gasteiger partial charge in [0.25, 0.3) is 5.91 Å². The Labute approximate surface area is 202 Å². The van der Waals surface area contributed by atoms with Crippen LogP contribution in [-0.2, 0) is 14.3 Å². The Morgan fingerprint density at radius 2 is 1.82 bits per heavy atom. The minimum absolute atomic E-state index is 0.0391. The molecule has 3 rings (SSSR count). The molecule has 0 bridgehead atoms. The van der Waals surface area contributed by atoms with E-state index in [0.29, 0.717) is 25.1 Å². The number of hydrogen-bond acceptors (Lipinski definition) is 5. The lowest BCUT2D eigenvalue weighted by atomic mass is 9.98. The van der Waals surface area contributed by atoms with E-state index in [2.05, 4.69) is 30.0 Å². The Morgan fingerprint density at radius 3 is 2.47 bits per heavy atom. The van der Waals surface area contributed by atoms with E-state index in [9.17, 15) is 14.9 Å². The summed E-state index contributed by atoms with van der Waals surface area (Å²) in [7, 11) is 0. The molecule has 1 atom stereocenters. The fourth-order valence-corrected chi connectivity index (χ4v) is 4.45. The van der Waals surface area contributed by atoms with E-state index in [1.807, 2.05) is 55.1 Å². The fourth-order valence-electron chi connectivity index (χ4n) is 4.45. The van der Waals surface area contributed by atoms with Gasteiger partial charge in [-0.2, -0.15) is 5.26 Å². The third kappa shape index (κ3) is 5.48. The van der Waals surface area contributed by atoms with Gasteiger partial charge in [-0.15, -0.1) is 0 Å². The summed E-state index contributed by atoms with van der Waals surface area (Å²) in [5.74, 6) is -0.270. The van der Waals surface area contributed by atoms with Gasteiger partial charge < -0.3 is 14.5 Å². The first-order valence-corrected chi connectivity index (χ1v) is 11.9. The fraction of sp³-hybridized carbons (Fsp3) is 0.393. The van der Waals surface area contributed by atoms with Crippen molar-refractivity contribution in [3.05, 3.63) is 65.4 Å². The van der Waals surface area contributed by atoms with Crippen molar-refractivity contribution in [2.45, 2.75) is 59.5 Å². The van der Waals surface area contributed by atoms with Crippen molar-refractivity contribution in [3.8, 4) is 17.2 Å². The van der Waals surface area contributed by atoms with Crippen LogP contribution in [0.4, 0.5) is 5.69 Å². The maximum Gasteiger partial charge on any atom is 0.302 e. The molecule has 1 unspecified atom stereocenters. The van der Waals surface area contributed by atoms with Crippen LogP contribution in [0.2, 0.25) is 0 Å². The largest absolute Gasteiger partial charge is 0.466 e. The lowest BCUT2D eigenvalue weighted by Crippen LogP contribution is -2.54. The molecule has 0 spiro atoms. The number of benzene rings is 2. The molecule has 0 saturated heterocycles. The normalized spacial score (nSPS) is 16.0. The molecule has 1 aliphatic rings. The SMILES string of the molecule is CCCCC1=C(C)C(=O)N(CCCOC(C)=O)C(C)N1c1ccc(-c2ccccc2C#N)cc1. The lowest BCUT2D eigenvalue weighted by Gasteiger charge is -2.45. The van der Waals surface area contributed by atoms with Crippen LogP contribution in [0.1, 0.15) is 58.9 Å². The number of rotatable bonds is 9. The Hall–Kier alpha value is -3.59. The molecule has 0 fully saturated rings. The monoisotopic (exact) mass is 459 g/mol. The number of esters is 1. The maximum absolute atomic E-state index is 13.2. The second-order valence-electron chi connectivity index (χ2n) is 8.57. The van der Waals surface area contributed by atoms with Gasteiger partial charge in [-0.3, -0.25) is 9.59 Å². The van der Waals surface area contributed by atoms with Crippen molar-refractivity contribution in [2.75, 3.05) is 18.1 Å². The molecule has 0 saturated carbocycles. The highest BCUT2D eigenvalue weighted by atomic mass is 16.5. The van der Waals surface area contributed by atoms with Crippen LogP contribution in [0.5, 0.6) is 0 Å². The van der Waals surface area contributed by atoms with Crippen LogP contribution in [-0.4, -0.2) is 36.1 Å². The highest BCUT2D eigenvalue weighted by Crippen LogP contribution is 2.35.